The van der Waals surface area contributed by atoms with Crippen molar-refractivity contribution in [2.45, 2.75) is 62.3 Å². The zero-order valence-corrected chi connectivity index (χ0v) is 15.6. The molecule has 4 rings (SSSR count). The van der Waals surface area contributed by atoms with E-state index in [0.29, 0.717) is 25.9 Å². The summed E-state index contributed by atoms with van der Waals surface area (Å²) in [5.41, 5.74) is 0.718. The Hall–Kier alpha value is -2.37. The molecule has 2 aliphatic carbocycles. The molecule has 1 spiro atoms. The van der Waals surface area contributed by atoms with Gasteiger partial charge < -0.3 is 10.6 Å². The summed E-state index contributed by atoms with van der Waals surface area (Å²) in [4.78, 5) is 38.2. The fourth-order valence-corrected chi connectivity index (χ4v) is 4.46. The minimum absolute atomic E-state index is 0.0140. The van der Waals surface area contributed by atoms with Crippen LogP contribution in [-0.4, -0.2) is 41.4 Å². The predicted molar refractivity (Wildman–Crippen MR) is 101 cm³/mol. The molecule has 0 atom stereocenters. The average molecular weight is 369 g/mol. The quantitative estimate of drug-likeness (QED) is 0.725. The second kappa shape index (κ2) is 6.98. The van der Waals surface area contributed by atoms with Gasteiger partial charge in [-0.25, -0.2) is 4.79 Å². The van der Waals surface area contributed by atoms with Crippen molar-refractivity contribution in [3.63, 3.8) is 0 Å². The first-order chi connectivity index (χ1) is 13.0. The topological polar surface area (TPSA) is 78.5 Å². The zero-order chi connectivity index (χ0) is 18.9. The highest BCUT2D eigenvalue weighted by molar-refractivity contribution is 6.07. The van der Waals surface area contributed by atoms with Crippen LogP contribution >= 0.6 is 0 Å². The zero-order valence-electron chi connectivity index (χ0n) is 15.6. The van der Waals surface area contributed by atoms with Gasteiger partial charge in [0.2, 0.25) is 5.91 Å². The number of amides is 4. The Labute approximate surface area is 159 Å². The Morgan fingerprint density at radius 3 is 2.44 bits per heavy atom. The molecule has 3 aliphatic rings. The van der Waals surface area contributed by atoms with Crippen molar-refractivity contribution in [2.24, 2.45) is 0 Å². The van der Waals surface area contributed by atoms with Crippen LogP contribution in [0.1, 0.15) is 56.9 Å². The third kappa shape index (κ3) is 3.45. The van der Waals surface area contributed by atoms with Crippen molar-refractivity contribution in [2.75, 3.05) is 13.1 Å². The maximum absolute atomic E-state index is 12.6. The van der Waals surface area contributed by atoms with Crippen LogP contribution in [0.3, 0.4) is 0 Å². The van der Waals surface area contributed by atoms with Gasteiger partial charge in [0.05, 0.1) is 0 Å². The van der Waals surface area contributed by atoms with Crippen LogP contribution in [0.25, 0.3) is 0 Å². The van der Waals surface area contributed by atoms with Crippen LogP contribution in [0.5, 0.6) is 0 Å². The van der Waals surface area contributed by atoms with Crippen LogP contribution < -0.4 is 10.6 Å². The average Bonchev–Trinajstić information content (AvgIpc) is 3.27. The van der Waals surface area contributed by atoms with Crippen LogP contribution in [0.2, 0.25) is 0 Å². The van der Waals surface area contributed by atoms with Gasteiger partial charge in [-0.3, -0.25) is 14.5 Å². The van der Waals surface area contributed by atoms with Gasteiger partial charge in [-0.15, -0.1) is 0 Å². The predicted octanol–water partition coefficient (Wildman–Crippen LogP) is 2.48. The number of carbonyl (C=O) groups excluding carboxylic acids is 3. The fourth-order valence-electron chi connectivity index (χ4n) is 4.46. The first-order valence-corrected chi connectivity index (χ1v) is 10.0. The van der Waals surface area contributed by atoms with E-state index in [1.54, 1.807) is 0 Å². The van der Waals surface area contributed by atoms with E-state index in [1.165, 1.54) is 10.5 Å². The first-order valence-electron chi connectivity index (χ1n) is 10.0. The SMILES string of the molecule is O=C(CCCN1C(=O)NC2(CCCC2)C1=O)NCC1(c2ccccc2)CC1. The molecule has 6 heteroatoms. The molecule has 2 N–H and O–H groups in total. The van der Waals surface area contributed by atoms with Gasteiger partial charge in [0.25, 0.3) is 5.91 Å². The standard InChI is InChI=1S/C21H27N3O3/c25-17(22-15-20(12-13-20)16-7-2-1-3-8-16)9-6-14-24-18(26)21(23-19(24)27)10-4-5-11-21/h1-3,7-8H,4-6,9-15H2,(H,22,25)(H,23,27). The van der Waals surface area contributed by atoms with Gasteiger partial charge in [-0.05, 0) is 37.7 Å². The fraction of sp³-hybridized carbons (Fsp3) is 0.571. The van der Waals surface area contributed by atoms with Crippen molar-refractivity contribution in [1.29, 1.82) is 0 Å². The second-order valence-electron chi connectivity index (χ2n) is 8.20. The lowest BCUT2D eigenvalue weighted by molar-refractivity contribution is -0.131. The monoisotopic (exact) mass is 369 g/mol. The molecule has 0 aromatic heterocycles. The van der Waals surface area contributed by atoms with E-state index in [0.717, 1.165) is 38.5 Å². The van der Waals surface area contributed by atoms with E-state index in [4.69, 9.17) is 0 Å². The lowest BCUT2D eigenvalue weighted by Crippen LogP contribution is -2.44. The molecule has 0 radical (unpaired) electrons. The summed E-state index contributed by atoms with van der Waals surface area (Å²) < 4.78 is 0. The van der Waals surface area contributed by atoms with Crippen LogP contribution in [-0.2, 0) is 15.0 Å². The second-order valence-corrected chi connectivity index (χ2v) is 8.20. The Balaban J connectivity index is 1.22. The number of urea groups is 1. The molecule has 27 heavy (non-hydrogen) atoms. The molecule has 1 heterocycles. The number of imide groups is 1. The van der Waals surface area contributed by atoms with Crippen molar-refractivity contribution in [3.8, 4) is 0 Å². The third-order valence-corrected chi connectivity index (χ3v) is 6.35. The Morgan fingerprint density at radius 2 is 1.78 bits per heavy atom. The highest BCUT2D eigenvalue weighted by Gasteiger charge is 2.52. The molecular weight excluding hydrogens is 342 g/mol. The summed E-state index contributed by atoms with van der Waals surface area (Å²) in [5.74, 6) is -0.119. The molecule has 1 aromatic rings. The first kappa shape index (κ1) is 18.0. The maximum Gasteiger partial charge on any atom is 0.325 e. The van der Waals surface area contributed by atoms with E-state index in [2.05, 4.69) is 22.8 Å². The molecule has 0 unspecified atom stereocenters. The molecule has 0 bridgehead atoms. The number of nitrogens with zero attached hydrogens (tertiary/aromatic N) is 1. The van der Waals surface area contributed by atoms with E-state index >= 15 is 0 Å². The summed E-state index contributed by atoms with van der Waals surface area (Å²) in [6.07, 6.45) is 6.45. The molecular formula is C21H27N3O3. The largest absolute Gasteiger partial charge is 0.355 e. The van der Waals surface area contributed by atoms with Gasteiger partial charge >= 0.3 is 6.03 Å². The van der Waals surface area contributed by atoms with Gasteiger partial charge in [0, 0.05) is 24.9 Å². The molecule has 6 nitrogen and oxygen atoms in total. The number of carbonyl (C=O) groups is 3. The van der Waals surface area contributed by atoms with Gasteiger partial charge in [0.1, 0.15) is 5.54 Å². The van der Waals surface area contributed by atoms with Crippen molar-refractivity contribution in [1.82, 2.24) is 15.5 Å². The van der Waals surface area contributed by atoms with Crippen LogP contribution in [0, 0.1) is 0 Å². The minimum atomic E-state index is -0.659. The molecule has 2 saturated carbocycles. The molecule has 144 valence electrons. The number of benzene rings is 1. The summed E-state index contributed by atoms with van der Waals surface area (Å²) in [7, 11) is 0. The normalized spacial score (nSPS) is 22.1. The summed E-state index contributed by atoms with van der Waals surface area (Å²) in [6, 6.07) is 10.0. The Kier molecular flexibility index (Phi) is 4.66. The lowest BCUT2D eigenvalue weighted by Gasteiger charge is -2.20. The van der Waals surface area contributed by atoms with Gasteiger partial charge in [-0.2, -0.15) is 0 Å². The summed E-state index contributed by atoms with van der Waals surface area (Å²) in [6.45, 7) is 0.964. The van der Waals surface area contributed by atoms with Crippen molar-refractivity contribution in [3.05, 3.63) is 35.9 Å². The number of hydrogen-bond acceptors (Lipinski definition) is 3. The molecule has 1 aromatic carbocycles. The van der Waals surface area contributed by atoms with E-state index in [9.17, 15) is 14.4 Å². The maximum atomic E-state index is 12.6. The Morgan fingerprint density at radius 1 is 1.07 bits per heavy atom. The molecule has 3 fully saturated rings. The third-order valence-electron chi connectivity index (χ3n) is 6.35. The molecule has 1 aliphatic heterocycles. The number of nitrogens with one attached hydrogen (secondary N) is 2. The van der Waals surface area contributed by atoms with Gasteiger partial charge in [-0.1, -0.05) is 43.2 Å². The highest BCUT2D eigenvalue weighted by atomic mass is 16.2. The number of rotatable bonds is 7. The number of hydrogen-bond donors (Lipinski definition) is 2. The summed E-state index contributed by atoms with van der Waals surface area (Å²) >= 11 is 0. The summed E-state index contributed by atoms with van der Waals surface area (Å²) in [5, 5.41) is 5.91. The van der Waals surface area contributed by atoms with Crippen molar-refractivity contribution < 1.29 is 14.4 Å². The smallest absolute Gasteiger partial charge is 0.325 e. The van der Waals surface area contributed by atoms with E-state index < -0.39 is 5.54 Å². The minimum Gasteiger partial charge on any atom is -0.355 e. The highest BCUT2D eigenvalue weighted by Crippen LogP contribution is 2.47. The van der Waals surface area contributed by atoms with E-state index in [1.807, 2.05) is 18.2 Å². The van der Waals surface area contributed by atoms with Crippen LogP contribution in [0.4, 0.5) is 4.79 Å². The van der Waals surface area contributed by atoms with E-state index in [-0.39, 0.29) is 23.3 Å². The lowest BCUT2D eigenvalue weighted by atomic mass is 9.96. The van der Waals surface area contributed by atoms with Gasteiger partial charge in [0.15, 0.2) is 0 Å². The molecule has 1 saturated heterocycles. The Bertz CT molecular complexity index is 736. The molecule has 4 amide bonds. The van der Waals surface area contributed by atoms with Crippen molar-refractivity contribution >= 4 is 17.8 Å². The van der Waals surface area contributed by atoms with Crippen LogP contribution in [0.15, 0.2) is 30.3 Å².